The van der Waals surface area contributed by atoms with E-state index < -0.39 is 42.0 Å². The Balaban J connectivity index is 1.87. The normalized spacial score (nSPS) is 17.0. The first-order chi connectivity index (χ1) is 19.3. The van der Waals surface area contributed by atoms with E-state index in [0.29, 0.717) is 10.6 Å². The molecule has 1 N–H and O–H groups in total. The zero-order valence-electron chi connectivity index (χ0n) is 21.8. The van der Waals surface area contributed by atoms with E-state index in [1.165, 1.54) is 55.3 Å². The van der Waals surface area contributed by atoms with Crippen LogP contribution in [0.25, 0.3) is 0 Å². The van der Waals surface area contributed by atoms with E-state index >= 15 is 0 Å². The predicted octanol–water partition coefficient (Wildman–Crippen LogP) is 7.53. The van der Waals surface area contributed by atoms with Crippen LogP contribution >= 0.6 is 11.6 Å². The molecule has 1 unspecified atom stereocenters. The van der Waals surface area contributed by atoms with Crippen molar-refractivity contribution < 1.29 is 35.9 Å². The van der Waals surface area contributed by atoms with Crippen molar-refractivity contribution in [1.82, 2.24) is 10.2 Å². The molecule has 0 aliphatic carbocycles. The summed E-state index contributed by atoms with van der Waals surface area (Å²) in [6.45, 7) is 0.692. The highest BCUT2D eigenvalue weighted by atomic mass is 35.5. The van der Waals surface area contributed by atoms with E-state index in [1.807, 2.05) is 0 Å². The molecule has 1 aliphatic rings. The number of halogens is 7. The average Bonchev–Trinajstić information content (AvgIpc) is 2.92. The molecule has 1 aliphatic heterocycles. The lowest BCUT2D eigenvalue weighted by molar-refractivity contribution is -0.139. The maximum absolute atomic E-state index is 13.8. The van der Waals surface area contributed by atoms with Crippen LogP contribution in [-0.2, 0) is 35.0 Å². The second kappa shape index (κ2) is 11.9. The van der Waals surface area contributed by atoms with Crippen molar-refractivity contribution in [3.63, 3.8) is 0 Å². The maximum Gasteiger partial charge on any atom is 0.416 e. The second-order valence-corrected chi connectivity index (χ2v) is 9.59. The average molecular weight is 596 g/mol. The fourth-order valence-corrected chi connectivity index (χ4v) is 4.72. The van der Waals surface area contributed by atoms with Crippen molar-refractivity contribution in [2.75, 3.05) is 7.11 Å². The van der Waals surface area contributed by atoms with E-state index in [9.17, 15) is 31.1 Å². The van der Waals surface area contributed by atoms with Crippen LogP contribution in [0.1, 0.15) is 40.8 Å². The van der Waals surface area contributed by atoms with Crippen LogP contribution in [0.15, 0.2) is 89.1 Å². The molecule has 1 atom stereocenters. The lowest BCUT2D eigenvalue weighted by Crippen LogP contribution is -2.49. The van der Waals surface area contributed by atoms with E-state index in [1.54, 1.807) is 24.3 Å². The summed E-state index contributed by atoms with van der Waals surface area (Å²) in [5.41, 5.74) is -1.18. The molecule has 0 spiro atoms. The van der Waals surface area contributed by atoms with Gasteiger partial charge in [0.2, 0.25) is 0 Å². The SMILES string of the molecule is COC(=O)C1=C(C)N(Cc2ccccc2C(F)(F)F)C(=NCc2ccccc2C(F)(F)F)NC1c1ccc(Cl)cc1. The summed E-state index contributed by atoms with van der Waals surface area (Å²) in [5, 5.41) is 3.48. The molecule has 0 radical (unpaired) electrons. The summed E-state index contributed by atoms with van der Waals surface area (Å²) >= 11 is 6.03. The molecule has 5 nitrogen and oxygen atoms in total. The molecule has 0 amide bonds. The highest BCUT2D eigenvalue weighted by Crippen LogP contribution is 2.37. The Bertz CT molecular complexity index is 1480. The third kappa shape index (κ3) is 6.67. The molecule has 0 fully saturated rings. The zero-order valence-corrected chi connectivity index (χ0v) is 22.5. The van der Waals surface area contributed by atoms with E-state index in [4.69, 9.17) is 16.3 Å². The number of carbonyl (C=O) groups excluding carboxylic acids is 1. The molecule has 0 bridgehead atoms. The second-order valence-electron chi connectivity index (χ2n) is 9.16. The first-order valence-electron chi connectivity index (χ1n) is 12.2. The summed E-state index contributed by atoms with van der Waals surface area (Å²) in [5.74, 6) is -0.769. The van der Waals surface area contributed by atoms with Crippen LogP contribution in [-0.4, -0.2) is 23.9 Å². The number of hydrogen-bond acceptors (Lipinski definition) is 3. The quantitative estimate of drug-likeness (QED) is 0.236. The van der Waals surface area contributed by atoms with Gasteiger partial charge in [0.1, 0.15) is 0 Å². The molecule has 0 saturated carbocycles. The van der Waals surface area contributed by atoms with Crippen molar-refractivity contribution in [1.29, 1.82) is 0 Å². The van der Waals surface area contributed by atoms with E-state index in [-0.39, 0.29) is 34.9 Å². The third-order valence-electron chi connectivity index (χ3n) is 6.59. The van der Waals surface area contributed by atoms with Crippen molar-refractivity contribution in [2.24, 2.45) is 4.99 Å². The van der Waals surface area contributed by atoms with E-state index in [2.05, 4.69) is 10.3 Å². The third-order valence-corrected chi connectivity index (χ3v) is 6.85. The summed E-state index contributed by atoms with van der Waals surface area (Å²) in [4.78, 5) is 18.7. The highest BCUT2D eigenvalue weighted by molar-refractivity contribution is 6.30. The Morgan fingerprint density at radius 1 is 0.902 bits per heavy atom. The minimum Gasteiger partial charge on any atom is -0.466 e. The number of ether oxygens (including phenoxy) is 1. The van der Waals surface area contributed by atoms with Gasteiger partial charge in [-0.1, -0.05) is 60.1 Å². The fraction of sp³-hybridized carbons (Fsp3) is 0.241. The number of methoxy groups -OCH3 is 1. The maximum atomic E-state index is 13.8. The van der Waals surface area contributed by atoms with Gasteiger partial charge >= 0.3 is 18.3 Å². The van der Waals surface area contributed by atoms with Gasteiger partial charge in [0.25, 0.3) is 0 Å². The van der Waals surface area contributed by atoms with Gasteiger partial charge in [-0.2, -0.15) is 26.3 Å². The highest BCUT2D eigenvalue weighted by Gasteiger charge is 2.38. The number of benzene rings is 3. The summed E-state index contributed by atoms with van der Waals surface area (Å²) < 4.78 is 87.4. The van der Waals surface area contributed by atoms with Gasteiger partial charge in [0.15, 0.2) is 5.96 Å². The monoisotopic (exact) mass is 595 g/mol. The lowest BCUT2D eigenvalue weighted by Gasteiger charge is -2.38. The fourth-order valence-electron chi connectivity index (χ4n) is 4.60. The molecule has 3 aromatic rings. The number of carbonyl (C=O) groups is 1. The zero-order chi connectivity index (χ0) is 29.9. The molecule has 216 valence electrons. The van der Waals surface area contributed by atoms with Gasteiger partial charge in [-0.25, -0.2) is 9.79 Å². The molecular formula is C29H24ClF6N3O2. The van der Waals surface area contributed by atoms with Gasteiger partial charge in [-0.3, -0.25) is 0 Å². The largest absolute Gasteiger partial charge is 0.466 e. The van der Waals surface area contributed by atoms with Crippen LogP contribution in [0.3, 0.4) is 0 Å². The van der Waals surface area contributed by atoms with Gasteiger partial charge in [-0.05, 0) is 47.9 Å². The molecular weight excluding hydrogens is 572 g/mol. The van der Waals surface area contributed by atoms with Gasteiger partial charge < -0.3 is 15.0 Å². The van der Waals surface area contributed by atoms with Crippen molar-refractivity contribution in [2.45, 2.75) is 38.4 Å². The molecule has 0 saturated heterocycles. The number of aliphatic imine (C=N–C) groups is 1. The number of alkyl halides is 6. The molecule has 1 heterocycles. The standard InChI is InChI=1S/C29H24ClF6N3O2/c1-17-24(26(40)41-2)25(18-11-13-21(30)14-12-18)38-27(37-15-19-7-3-5-9-22(19)28(31,32)33)39(17)16-20-8-4-6-10-23(20)29(34,35)36/h3-14,25H,15-16H2,1-2H3,(H,37,38). The molecule has 41 heavy (non-hydrogen) atoms. The number of rotatable bonds is 6. The summed E-state index contributed by atoms with van der Waals surface area (Å²) in [6.07, 6.45) is -9.31. The van der Waals surface area contributed by atoms with Gasteiger partial charge in [-0.15, -0.1) is 0 Å². The Labute approximate surface area is 237 Å². The predicted molar refractivity (Wildman–Crippen MR) is 142 cm³/mol. The van der Waals surface area contributed by atoms with Crippen LogP contribution in [0, 0.1) is 0 Å². The number of nitrogens with zero attached hydrogens (tertiary/aromatic N) is 2. The van der Waals surface area contributed by atoms with Crippen LogP contribution in [0.5, 0.6) is 0 Å². The molecule has 3 aromatic carbocycles. The topological polar surface area (TPSA) is 53.9 Å². The molecule has 12 heteroatoms. The van der Waals surface area contributed by atoms with Gasteiger partial charge in [0.05, 0.1) is 42.9 Å². The number of guanidine groups is 1. The Morgan fingerprint density at radius 3 is 2.00 bits per heavy atom. The Kier molecular flexibility index (Phi) is 8.67. The molecule has 4 rings (SSSR count). The number of allylic oxidation sites excluding steroid dienone is 1. The smallest absolute Gasteiger partial charge is 0.416 e. The van der Waals surface area contributed by atoms with Crippen molar-refractivity contribution >= 4 is 23.5 Å². The number of esters is 1. The molecule has 0 aromatic heterocycles. The Hall–Kier alpha value is -3.99. The minimum absolute atomic E-state index is 0.0240. The first-order valence-corrected chi connectivity index (χ1v) is 12.6. The Morgan fingerprint density at radius 2 is 1.44 bits per heavy atom. The summed E-state index contributed by atoms with van der Waals surface area (Å²) in [6, 6.07) is 15.4. The van der Waals surface area contributed by atoms with Gasteiger partial charge in [0, 0.05) is 10.7 Å². The van der Waals surface area contributed by atoms with Crippen molar-refractivity contribution in [3.8, 4) is 0 Å². The van der Waals surface area contributed by atoms with Crippen LogP contribution in [0.2, 0.25) is 5.02 Å². The van der Waals surface area contributed by atoms with Crippen LogP contribution in [0.4, 0.5) is 26.3 Å². The van der Waals surface area contributed by atoms with E-state index in [0.717, 1.165) is 12.1 Å². The lowest BCUT2D eigenvalue weighted by atomic mass is 9.94. The van der Waals surface area contributed by atoms with Crippen molar-refractivity contribution in [3.05, 3.63) is 117 Å². The summed E-state index contributed by atoms with van der Waals surface area (Å²) in [7, 11) is 1.17. The van der Waals surface area contributed by atoms with Crippen LogP contribution < -0.4 is 5.32 Å². The number of nitrogens with one attached hydrogen (secondary N) is 1. The first kappa shape index (κ1) is 30.0. The number of hydrogen-bond donors (Lipinski definition) is 1. The minimum atomic E-state index is -4.67.